The fraction of sp³-hybridized carbons (Fsp3) is 0.727. The van der Waals surface area contributed by atoms with Crippen LogP contribution < -0.4 is 5.32 Å². The quantitative estimate of drug-likeness (QED) is 0.673. The molecule has 0 aromatic heterocycles. The first-order chi connectivity index (χ1) is 7.24. The van der Waals surface area contributed by atoms with Crippen LogP contribution in [0.15, 0.2) is 12.2 Å². The Balaban J connectivity index is 2.26. The highest BCUT2D eigenvalue weighted by molar-refractivity contribution is 5.77. The first-order valence-corrected chi connectivity index (χ1v) is 5.44. The number of ether oxygens (including phenoxy) is 1. The SMILES string of the molecule is CC/C=C/CC(=O)N[C@@H]1CCOC[C@H]1O. The molecular weight excluding hydrogens is 194 g/mol. The zero-order valence-electron chi connectivity index (χ0n) is 9.11. The molecule has 2 atom stereocenters. The van der Waals surface area contributed by atoms with Crippen molar-refractivity contribution in [1.29, 1.82) is 0 Å². The third-order valence-electron chi connectivity index (χ3n) is 2.38. The van der Waals surface area contributed by atoms with E-state index in [1.54, 1.807) is 0 Å². The van der Waals surface area contributed by atoms with Gasteiger partial charge in [0.15, 0.2) is 0 Å². The van der Waals surface area contributed by atoms with Gasteiger partial charge >= 0.3 is 0 Å². The van der Waals surface area contributed by atoms with Crippen molar-refractivity contribution in [2.75, 3.05) is 13.2 Å². The van der Waals surface area contributed by atoms with Crippen LogP contribution in [0.3, 0.4) is 0 Å². The fourth-order valence-corrected chi connectivity index (χ4v) is 1.51. The minimum Gasteiger partial charge on any atom is -0.389 e. The summed E-state index contributed by atoms with van der Waals surface area (Å²) >= 11 is 0. The van der Waals surface area contributed by atoms with Gasteiger partial charge in [0.25, 0.3) is 0 Å². The van der Waals surface area contributed by atoms with Crippen molar-refractivity contribution >= 4 is 5.91 Å². The lowest BCUT2D eigenvalue weighted by atomic mass is 10.1. The molecule has 86 valence electrons. The minimum atomic E-state index is -0.571. The van der Waals surface area contributed by atoms with Gasteiger partial charge in [-0.2, -0.15) is 0 Å². The summed E-state index contributed by atoms with van der Waals surface area (Å²) in [5, 5.41) is 12.3. The van der Waals surface area contributed by atoms with Gasteiger partial charge in [0.2, 0.25) is 5.91 Å². The van der Waals surface area contributed by atoms with E-state index in [1.165, 1.54) is 0 Å². The van der Waals surface area contributed by atoms with Gasteiger partial charge in [-0.25, -0.2) is 0 Å². The molecule has 0 saturated carbocycles. The molecule has 4 heteroatoms. The Morgan fingerprint density at radius 3 is 3.07 bits per heavy atom. The Morgan fingerprint density at radius 2 is 2.40 bits per heavy atom. The van der Waals surface area contributed by atoms with Gasteiger partial charge in [-0.05, 0) is 12.8 Å². The predicted molar refractivity (Wildman–Crippen MR) is 57.4 cm³/mol. The van der Waals surface area contributed by atoms with Gasteiger partial charge in [-0.15, -0.1) is 0 Å². The number of hydrogen-bond acceptors (Lipinski definition) is 3. The molecule has 4 nitrogen and oxygen atoms in total. The average Bonchev–Trinajstić information content (AvgIpc) is 2.22. The maximum absolute atomic E-state index is 11.4. The number of allylic oxidation sites excluding steroid dienone is 1. The molecule has 1 amide bonds. The Labute approximate surface area is 90.3 Å². The number of aliphatic hydroxyl groups is 1. The van der Waals surface area contributed by atoms with Gasteiger partial charge in [0, 0.05) is 13.0 Å². The number of nitrogens with one attached hydrogen (secondary N) is 1. The summed E-state index contributed by atoms with van der Waals surface area (Å²) in [4.78, 5) is 11.4. The van der Waals surface area contributed by atoms with E-state index in [0.29, 0.717) is 26.1 Å². The van der Waals surface area contributed by atoms with E-state index in [4.69, 9.17) is 4.74 Å². The maximum Gasteiger partial charge on any atom is 0.224 e. The van der Waals surface area contributed by atoms with Crippen LogP contribution >= 0.6 is 0 Å². The van der Waals surface area contributed by atoms with E-state index in [0.717, 1.165) is 6.42 Å². The normalized spacial score (nSPS) is 26.8. The predicted octanol–water partition coefficient (Wildman–Crippen LogP) is 0.609. The molecule has 0 aliphatic carbocycles. The third kappa shape index (κ3) is 4.44. The molecule has 0 aromatic carbocycles. The van der Waals surface area contributed by atoms with Crippen LogP contribution in [-0.4, -0.2) is 36.4 Å². The van der Waals surface area contributed by atoms with Crippen molar-refractivity contribution in [2.45, 2.75) is 38.3 Å². The number of aliphatic hydroxyl groups excluding tert-OH is 1. The van der Waals surface area contributed by atoms with E-state index in [9.17, 15) is 9.90 Å². The third-order valence-corrected chi connectivity index (χ3v) is 2.38. The van der Waals surface area contributed by atoms with E-state index >= 15 is 0 Å². The van der Waals surface area contributed by atoms with Crippen LogP contribution in [0.2, 0.25) is 0 Å². The number of rotatable bonds is 4. The number of carbonyl (C=O) groups excluding carboxylic acids is 1. The second-order valence-corrected chi connectivity index (χ2v) is 3.69. The molecule has 0 bridgehead atoms. The van der Waals surface area contributed by atoms with Gasteiger partial charge in [-0.3, -0.25) is 4.79 Å². The highest BCUT2D eigenvalue weighted by Gasteiger charge is 2.24. The molecule has 1 rings (SSSR count). The molecule has 0 aromatic rings. The molecule has 0 unspecified atom stereocenters. The van der Waals surface area contributed by atoms with Gasteiger partial charge in [0.1, 0.15) is 0 Å². The van der Waals surface area contributed by atoms with Crippen molar-refractivity contribution < 1.29 is 14.6 Å². The first-order valence-electron chi connectivity index (χ1n) is 5.44. The van der Waals surface area contributed by atoms with Gasteiger partial charge < -0.3 is 15.2 Å². The minimum absolute atomic E-state index is 0.0364. The van der Waals surface area contributed by atoms with Crippen LogP contribution in [0.4, 0.5) is 0 Å². The van der Waals surface area contributed by atoms with Crippen LogP contribution in [0.25, 0.3) is 0 Å². The van der Waals surface area contributed by atoms with Crippen molar-refractivity contribution in [3.63, 3.8) is 0 Å². The topological polar surface area (TPSA) is 58.6 Å². The van der Waals surface area contributed by atoms with Crippen molar-refractivity contribution in [2.24, 2.45) is 0 Å². The van der Waals surface area contributed by atoms with Crippen LogP contribution in [0, 0.1) is 0 Å². The Kier molecular flexibility index (Phi) is 5.36. The average molecular weight is 213 g/mol. The maximum atomic E-state index is 11.4. The lowest BCUT2D eigenvalue weighted by molar-refractivity contribution is -0.123. The second-order valence-electron chi connectivity index (χ2n) is 3.69. The molecule has 0 spiro atoms. The Hall–Kier alpha value is -0.870. The molecule has 1 aliphatic heterocycles. The van der Waals surface area contributed by atoms with Crippen LogP contribution in [-0.2, 0) is 9.53 Å². The summed E-state index contributed by atoms with van der Waals surface area (Å²) in [5.74, 6) is -0.0364. The highest BCUT2D eigenvalue weighted by atomic mass is 16.5. The van der Waals surface area contributed by atoms with Crippen molar-refractivity contribution in [1.82, 2.24) is 5.32 Å². The molecule has 1 fully saturated rings. The first kappa shape index (κ1) is 12.2. The highest BCUT2D eigenvalue weighted by Crippen LogP contribution is 2.07. The van der Waals surface area contributed by atoms with E-state index in [1.807, 2.05) is 19.1 Å². The largest absolute Gasteiger partial charge is 0.389 e. The molecule has 1 saturated heterocycles. The fourth-order valence-electron chi connectivity index (χ4n) is 1.51. The molecule has 1 aliphatic rings. The summed E-state index contributed by atoms with van der Waals surface area (Å²) in [6.45, 7) is 2.94. The van der Waals surface area contributed by atoms with E-state index in [-0.39, 0.29) is 11.9 Å². The molecule has 0 radical (unpaired) electrons. The second kappa shape index (κ2) is 6.58. The standard InChI is InChI=1S/C11H19NO3/c1-2-3-4-5-11(14)12-9-6-7-15-8-10(9)13/h3-4,9-10,13H,2,5-8H2,1H3,(H,12,14)/b4-3+/t9-,10-/m1/s1. The zero-order valence-corrected chi connectivity index (χ0v) is 9.11. The van der Waals surface area contributed by atoms with E-state index in [2.05, 4.69) is 5.32 Å². The van der Waals surface area contributed by atoms with Gasteiger partial charge in [-0.1, -0.05) is 19.1 Å². The van der Waals surface area contributed by atoms with Crippen LogP contribution in [0.1, 0.15) is 26.2 Å². The lowest BCUT2D eigenvalue weighted by Gasteiger charge is -2.28. The Bertz CT molecular complexity index is 228. The smallest absolute Gasteiger partial charge is 0.224 e. The molecular formula is C11H19NO3. The number of hydrogen-bond donors (Lipinski definition) is 2. The van der Waals surface area contributed by atoms with Gasteiger partial charge in [0.05, 0.1) is 18.8 Å². The van der Waals surface area contributed by atoms with E-state index < -0.39 is 6.10 Å². The monoisotopic (exact) mass is 213 g/mol. The van der Waals surface area contributed by atoms with Crippen molar-refractivity contribution in [3.05, 3.63) is 12.2 Å². The lowest BCUT2D eigenvalue weighted by Crippen LogP contribution is -2.48. The summed E-state index contributed by atoms with van der Waals surface area (Å²) in [6, 6.07) is -0.152. The summed E-state index contributed by atoms with van der Waals surface area (Å²) in [7, 11) is 0. The Morgan fingerprint density at radius 1 is 1.60 bits per heavy atom. The molecule has 15 heavy (non-hydrogen) atoms. The summed E-state index contributed by atoms with van der Waals surface area (Å²) in [5.41, 5.74) is 0. The molecule has 1 heterocycles. The summed E-state index contributed by atoms with van der Waals surface area (Å²) in [6.07, 6.45) is 5.24. The number of amides is 1. The molecule has 2 N–H and O–H groups in total. The number of carbonyl (C=O) groups is 1. The zero-order chi connectivity index (χ0) is 11.1. The van der Waals surface area contributed by atoms with Crippen molar-refractivity contribution in [3.8, 4) is 0 Å². The summed E-state index contributed by atoms with van der Waals surface area (Å²) < 4.78 is 5.08. The van der Waals surface area contributed by atoms with Crippen LogP contribution in [0.5, 0.6) is 0 Å².